The number of hydrogen-bond acceptors (Lipinski definition) is 6. The van der Waals surface area contributed by atoms with E-state index in [-0.39, 0.29) is 41.8 Å². The average molecular weight is 513 g/mol. The Kier molecular flexibility index (Phi) is 5.48. The number of aliphatic hydroxyl groups is 2. The molecule has 3 saturated carbocycles. The highest BCUT2D eigenvalue weighted by Gasteiger charge is 2.78. The molecule has 2 heterocycles. The minimum Gasteiger partial charge on any atom is -0.390 e. The standard InChI is InChI=1S/C29H34F2N2O4/c1-26-6-5-19(35)9-22(26)23(30)10-21-20-8-18-14-33(13-17-4-3-7-32-12-17)16-28(18,25(37)15-34)27(20,2)11-24(36)29(21,26)31/h3-7,9,12,18,20-21,23-24,34,36H,8,10-11,13-16H2,1-2H3/t18-,20?,21-,23-,24-,26-,27-,28+,29-/m0/s1. The van der Waals surface area contributed by atoms with Crippen molar-refractivity contribution < 1.29 is 28.6 Å². The van der Waals surface area contributed by atoms with Crippen LogP contribution in [0.1, 0.15) is 38.7 Å². The smallest absolute Gasteiger partial charge is 0.178 e. The van der Waals surface area contributed by atoms with Crippen molar-refractivity contribution >= 4 is 11.6 Å². The van der Waals surface area contributed by atoms with E-state index in [1.54, 1.807) is 19.3 Å². The average Bonchev–Trinajstić information content (AvgIpc) is 3.34. The third kappa shape index (κ3) is 3.03. The van der Waals surface area contributed by atoms with Gasteiger partial charge in [-0.05, 0) is 72.8 Å². The molecule has 1 aliphatic heterocycles. The first-order valence-electron chi connectivity index (χ1n) is 13.2. The normalized spacial score (nSPS) is 46.6. The summed E-state index contributed by atoms with van der Waals surface area (Å²) in [7, 11) is 0. The summed E-state index contributed by atoms with van der Waals surface area (Å²) >= 11 is 0. The van der Waals surface area contributed by atoms with E-state index in [0.717, 1.165) is 5.56 Å². The predicted octanol–water partition coefficient (Wildman–Crippen LogP) is 2.99. The molecule has 0 bridgehead atoms. The van der Waals surface area contributed by atoms with Gasteiger partial charge in [-0.1, -0.05) is 19.1 Å². The number of nitrogens with zero attached hydrogens (tertiary/aromatic N) is 2. The zero-order valence-corrected chi connectivity index (χ0v) is 21.2. The summed E-state index contributed by atoms with van der Waals surface area (Å²) in [6, 6.07) is 3.84. The molecule has 4 aliphatic carbocycles. The molecule has 1 aromatic rings. The van der Waals surface area contributed by atoms with Crippen LogP contribution in [0.5, 0.6) is 0 Å². The van der Waals surface area contributed by atoms with Crippen molar-refractivity contribution in [2.24, 2.45) is 34.0 Å². The highest BCUT2D eigenvalue weighted by molar-refractivity contribution is 6.01. The Morgan fingerprint density at radius 2 is 2.05 bits per heavy atom. The van der Waals surface area contributed by atoms with Crippen molar-refractivity contribution in [3.63, 3.8) is 0 Å². The Labute approximate surface area is 215 Å². The van der Waals surface area contributed by atoms with Crippen molar-refractivity contribution in [3.05, 3.63) is 53.9 Å². The number of hydrogen-bond donors (Lipinski definition) is 2. The van der Waals surface area contributed by atoms with Gasteiger partial charge in [0.05, 0.1) is 11.5 Å². The fourth-order valence-corrected chi connectivity index (χ4v) is 9.39. The molecule has 4 fully saturated rings. The molecule has 6 rings (SSSR count). The second-order valence-corrected chi connectivity index (χ2v) is 12.4. The Balaban J connectivity index is 1.41. The number of pyridine rings is 1. The van der Waals surface area contributed by atoms with Crippen LogP contribution in [0.3, 0.4) is 0 Å². The fraction of sp³-hybridized carbons (Fsp3) is 0.621. The molecule has 0 radical (unpaired) electrons. The van der Waals surface area contributed by atoms with E-state index in [1.807, 2.05) is 19.1 Å². The van der Waals surface area contributed by atoms with Crippen LogP contribution >= 0.6 is 0 Å². The minimum absolute atomic E-state index is 0.0370. The third-order valence-electron chi connectivity index (χ3n) is 11.0. The molecule has 9 atom stereocenters. The van der Waals surface area contributed by atoms with E-state index in [2.05, 4.69) is 9.88 Å². The Hall–Kier alpha value is -2.29. The number of aliphatic hydroxyl groups excluding tert-OH is 2. The molecule has 1 aromatic heterocycles. The van der Waals surface area contributed by atoms with Gasteiger partial charge in [0.1, 0.15) is 12.8 Å². The number of ketones is 2. The van der Waals surface area contributed by atoms with E-state index >= 15 is 8.78 Å². The molecule has 198 valence electrons. The molecule has 2 N–H and O–H groups in total. The van der Waals surface area contributed by atoms with Gasteiger partial charge < -0.3 is 10.2 Å². The molecule has 1 unspecified atom stereocenters. The molecule has 0 spiro atoms. The second kappa shape index (κ2) is 8.10. The number of alkyl halides is 2. The van der Waals surface area contributed by atoms with Crippen LogP contribution < -0.4 is 0 Å². The molecule has 37 heavy (non-hydrogen) atoms. The maximum atomic E-state index is 17.4. The number of fused-ring (bicyclic) bond motifs is 7. The van der Waals surface area contributed by atoms with Crippen molar-refractivity contribution in [2.45, 2.75) is 57.6 Å². The van der Waals surface area contributed by atoms with Crippen molar-refractivity contribution in [1.82, 2.24) is 9.88 Å². The Morgan fingerprint density at radius 3 is 2.76 bits per heavy atom. The topological polar surface area (TPSA) is 90.7 Å². The monoisotopic (exact) mass is 512 g/mol. The summed E-state index contributed by atoms with van der Waals surface area (Å²) in [5.41, 5.74) is -4.27. The lowest BCUT2D eigenvalue weighted by atomic mass is 9.43. The Bertz CT molecular complexity index is 1210. The van der Waals surface area contributed by atoms with E-state index < -0.39 is 46.7 Å². The van der Waals surface area contributed by atoms with Gasteiger partial charge in [-0.3, -0.25) is 19.5 Å². The van der Waals surface area contributed by atoms with Gasteiger partial charge in [0.25, 0.3) is 0 Å². The molecule has 8 heteroatoms. The SMILES string of the molecule is C[C@]12C=CC(=O)C=C1[C@@H](F)C[C@H]1C3C[C@H]4CN(Cc5cccnc5)C[C@@]4(C(=O)CO)[C@@]3(C)C[C@H](O)[C@@]12F. The predicted molar refractivity (Wildman–Crippen MR) is 132 cm³/mol. The summed E-state index contributed by atoms with van der Waals surface area (Å²) < 4.78 is 33.1. The van der Waals surface area contributed by atoms with E-state index in [9.17, 15) is 19.8 Å². The van der Waals surface area contributed by atoms with Crippen LogP contribution in [-0.4, -0.2) is 69.3 Å². The summed E-state index contributed by atoms with van der Waals surface area (Å²) in [6.45, 7) is 4.51. The van der Waals surface area contributed by atoms with E-state index in [1.165, 1.54) is 18.2 Å². The third-order valence-corrected chi connectivity index (χ3v) is 11.0. The number of aromatic nitrogens is 1. The van der Waals surface area contributed by atoms with Gasteiger partial charge in [0, 0.05) is 43.4 Å². The van der Waals surface area contributed by atoms with E-state index in [4.69, 9.17) is 0 Å². The van der Waals surface area contributed by atoms with Crippen LogP contribution in [0, 0.1) is 34.0 Å². The molecule has 6 nitrogen and oxygen atoms in total. The number of rotatable bonds is 4. The number of Topliss-reactive ketones (excluding diaryl/α,β-unsaturated/α-hetero) is 1. The maximum absolute atomic E-state index is 17.4. The van der Waals surface area contributed by atoms with Crippen LogP contribution in [0.15, 0.2) is 48.3 Å². The van der Waals surface area contributed by atoms with Crippen LogP contribution in [-0.2, 0) is 16.1 Å². The number of halogens is 2. The molecule has 1 saturated heterocycles. The molecular weight excluding hydrogens is 478 g/mol. The van der Waals surface area contributed by atoms with Crippen molar-refractivity contribution in [1.29, 1.82) is 0 Å². The number of carbonyl (C=O) groups is 2. The van der Waals surface area contributed by atoms with E-state index in [0.29, 0.717) is 26.1 Å². The summed E-state index contributed by atoms with van der Waals surface area (Å²) in [5, 5.41) is 21.7. The van der Waals surface area contributed by atoms with Crippen molar-refractivity contribution in [3.8, 4) is 0 Å². The largest absolute Gasteiger partial charge is 0.390 e. The lowest BCUT2D eigenvalue weighted by Crippen LogP contribution is -2.69. The maximum Gasteiger partial charge on any atom is 0.178 e. The number of carbonyl (C=O) groups excluding carboxylic acids is 2. The van der Waals surface area contributed by atoms with Gasteiger partial charge in [-0.25, -0.2) is 8.78 Å². The number of allylic oxidation sites excluding steroid dienone is 4. The van der Waals surface area contributed by atoms with Gasteiger partial charge in [0.2, 0.25) is 0 Å². The summed E-state index contributed by atoms with van der Waals surface area (Å²) in [4.78, 5) is 32.0. The lowest BCUT2D eigenvalue weighted by Gasteiger charge is -2.63. The van der Waals surface area contributed by atoms with Gasteiger partial charge >= 0.3 is 0 Å². The second-order valence-electron chi connectivity index (χ2n) is 12.4. The zero-order chi connectivity index (χ0) is 26.4. The van der Waals surface area contributed by atoms with Gasteiger partial charge in [-0.2, -0.15) is 0 Å². The first kappa shape index (κ1) is 25.0. The lowest BCUT2D eigenvalue weighted by molar-refractivity contribution is -0.212. The van der Waals surface area contributed by atoms with Gasteiger partial charge in [0.15, 0.2) is 17.2 Å². The van der Waals surface area contributed by atoms with Gasteiger partial charge in [-0.15, -0.1) is 0 Å². The quantitative estimate of drug-likeness (QED) is 0.645. The zero-order valence-electron chi connectivity index (χ0n) is 21.2. The highest BCUT2D eigenvalue weighted by atomic mass is 19.1. The van der Waals surface area contributed by atoms with Crippen LogP contribution in [0.4, 0.5) is 8.78 Å². The van der Waals surface area contributed by atoms with Crippen LogP contribution in [0.25, 0.3) is 0 Å². The summed E-state index contributed by atoms with van der Waals surface area (Å²) in [6.07, 6.45) is 4.88. The molecule has 0 amide bonds. The first-order chi connectivity index (χ1) is 17.5. The minimum atomic E-state index is -2.17. The number of likely N-dealkylation sites (tertiary alicyclic amines) is 1. The molecule has 5 aliphatic rings. The summed E-state index contributed by atoms with van der Waals surface area (Å²) in [5.74, 6) is -1.96. The molecular formula is C29H34F2N2O4. The fourth-order valence-electron chi connectivity index (χ4n) is 9.39. The first-order valence-corrected chi connectivity index (χ1v) is 13.2. The highest BCUT2D eigenvalue weighted by Crippen LogP contribution is 2.74. The Morgan fingerprint density at radius 1 is 1.27 bits per heavy atom. The van der Waals surface area contributed by atoms with Crippen molar-refractivity contribution in [2.75, 3.05) is 19.7 Å². The molecule has 0 aromatic carbocycles. The van der Waals surface area contributed by atoms with Crippen LogP contribution in [0.2, 0.25) is 0 Å².